The van der Waals surface area contributed by atoms with Crippen LogP contribution in [0.4, 0.5) is 23.2 Å². The van der Waals surface area contributed by atoms with Crippen LogP contribution in [0, 0.1) is 21.3 Å². The molecule has 2 aromatic carbocycles. The van der Waals surface area contributed by atoms with E-state index in [0.29, 0.717) is 53.1 Å². The average molecular weight is 557 g/mol. The van der Waals surface area contributed by atoms with Gasteiger partial charge in [-0.3, -0.25) is 19.9 Å². The molecule has 6 nitrogen and oxygen atoms in total. The van der Waals surface area contributed by atoms with Crippen molar-refractivity contribution in [1.82, 2.24) is 4.98 Å². The number of nitro groups is 1. The Labute approximate surface area is 228 Å². The summed E-state index contributed by atoms with van der Waals surface area (Å²) in [4.78, 5) is 30.1. The van der Waals surface area contributed by atoms with E-state index < -0.39 is 45.6 Å². The molecule has 0 bridgehead atoms. The number of halogens is 4. The van der Waals surface area contributed by atoms with Crippen molar-refractivity contribution in [3.63, 3.8) is 0 Å². The van der Waals surface area contributed by atoms with Crippen LogP contribution in [0.25, 0.3) is 11.1 Å². The Balaban J connectivity index is 1.84. The van der Waals surface area contributed by atoms with Gasteiger partial charge in [-0.2, -0.15) is 13.2 Å². The molecule has 1 unspecified atom stereocenters. The number of pyridine rings is 1. The molecule has 1 saturated carbocycles. The van der Waals surface area contributed by atoms with Crippen LogP contribution >= 0.6 is 0 Å². The van der Waals surface area contributed by atoms with Crippen molar-refractivity contribution in [2.45, 2.75) is 70.6 Å². The van der Waals surface area contributed by atoms with Gasteiger partial charge in [0.1, 0.15) is 11.4 Å². The number of fused-ring (bicyclic) bond motifs is 1. The number of aliphatic hydroxyl groups excluding tert-OH is 1. The monoisotopic (exact) mass is 556 g/mol. The normalized spacial score (nSPS) is 18.9. The highest BCUT2D eigenvalue weighted by molar-refractivity contribution is 6.16. The fraction of sp³-hybridized carbons (Fsp3) is 0.400. The third kappa shape index (κ3) is 5.12. The van der Waals surface area contributed by atoms with Crippen LogP contribution in [0.3, 0.4) is 0 Å². The van der Waals surface area contributed by atoms with Gasteiger partial charge in [0.2, 0.25) is 5.78 Å². The van der Waals surface area contributed by atoms with E-state index in [9.17, 15) is 37.6 Å². The van der Waals surface area contributed by atoms with Crippen molar-refractivity contribution in [2.75, 3.05) is 0 Å². The highest BCUT2D eigenvalue weighted by Crippen LogP contribution is 2.49. The van der Waals surface area contributed by atoms with Gasteiger partial charge < -0.3 is 5.11 Å². The first kappa shape index (κ1) is 27.9. The molecule has 1 aromatic heterocycles. The number of aliphatic hydroxyl groups is 1. The van der Waals surface area contributed by atoms with Gasteiger partial charge >= 0.3 is 6.18 Å². The lowest BCUT2D eigenvalue weighted by molar-refractivity contribution is -0.385. The van der Waals surface area contributed by atoms with Gasteiger partial charge in [-0.05, 0) is 60.9 Å². The van der Waals surface area contributed by atoms with Gasteiger partial charge in [-0.1, -0.05) is 38.8 Å². The van der Waals surface area contributed by atoms with Crippen LogP contribution < -0.4 is 0 Å². The van der Waals surface area contributed by atoms with Crippen molar-refractivity contribution in [3.8, 4) is 11.1 Å². The number of alkyl halides is 3. The molecule has 0 spiro atoms. The summed E-state index contributed by atoms with van der Waals surface area (Å²) in [6, 6.07) is 7.20. The second-order valence-electron chi connectivity index (χ2n) is 11.5. The molecule has 2 aliphatic rings. The summed E-state index contributed by atoms with van der Waals surface area (Å²) in [6.45, 7) is 4.00. The molecule has 0 aliphatic heterocycles. The third-order valence-electron chi connectivity index (χ3n) is 7.94. The number of nitrogens with zero attached hydrogens (tertiary/aromatic N) is 2. The van der Waals surface area contributed by atoms with E-state index in [-0.39, 0.29) is 16.9 Å². The second-order valence-corrected chi connectivity index (χ2v) is 11.5. The molecule has 1 N–H and O–H groups in total. The van der Waals surface area contributed by atoms with Crippen LogP contribution in [0.2, 0.25) is 0 Å². The molecule has 1 fully saturated rings. The first-order valence-corrected chi connectivity index (χ1v) is 13.2. The summed E-state index contributed by atoms with van der Waals surface area (Å²) < 4.78 is 54.1. The van der Waals surface area contributed by atoms with Gasteiger partial charge in [0.15, 0.2) is 0 Å². The van der Waals surface area contributed by atoms with Gasteiger partial charge in [0.25, 0.3) is 5.69 Å². The predicted octanol–water partition coefficient (Wildman–Crippen LogP) is 7.71. The van der Waals surface area contributed by atoms with E-state index in [1.165, 1.54) is 24.3 Å². The number of carbonyl (C=O) groups is 1. The maximum atomic E-state index is 14.3. The Morgan fingerprint density at radius 3 is 2.35 bits per heavy atom. The number of nitro benzene ring substituents is 1. The van der Waals surface area contributed by atoms with Crippen molar-refractivity contribution in [1.29, 1.82) is 0 Å². The lowest BCUT2D eigenvalue weighted by atomic mass is 9.71. The number of aromatic nitrogens is 1. The van der Waals surface area contributed by atoms with E-state index in [1.54, 1.807) is 0 Å². The molecular formula is C30H28F4N2O4. The summed E-state index contributed by atoms with van der Waals surface area (Å²) >= 11 is 0. The molecule has 1 heterocycles. The van der Waals surface area contributed by atoms with Crippen LogP contribution in [-0.2, 0) is 12.6 Å². The maximum absolute atomic E-state index is 14.3. The van der Waals surface area contributed by atoms with Gasteiger partial charge in [-0.15, -0.1) is 0 Å². The second kappa shape index (κ2) is 10.1. The quantitative estimate of drug-likeness (QED) is 0.150. The average Bonchev–Trinajstić information content (AvgIpc) is 3.41. The zero-order valence-electron chi connectivity index (χ0n) is 22.0. The molecule has 210 valence electrons. The van der Waals surface area contributed by atoms with Crippen molar-refractivity contribution in [2.24, 2.45) is 5.41 Å². The minimum Gasteiger partial charge on any atom is -0.388 e. The summed E-state index contributed by atoms with van der Waals surface area (Å²) in [5.41, 5.74) is -0.886. The Bertz CT molecular complexity index is 1490. The number of rotatable bonds is 5. The predicted molar refractivity (Wildman–Crippen MR) is 139 cm³/mol. The highest BCUT2D eigenvalue weighted by atomic mass is 19.4. The molecule has 3 aromatic rings. The van der Waals surface area contributed by atoms with E-state index in [4.69, 9.17) is 4.98 Å². The third-order valence-corrected chi connectivity index (χ3v) is 7.94. The topological polar surface area (TPSA) is 93.3 Å². The number of ketones is 1. The Kier molecular flexibility index (Phi) is 7.02. The van der Waals surface area contributed by atoms with Crippen LogP contribution in [0.15, 0.2) is 42.5 Å². The number of hydrogen-bond donors (Lipinski definition) is 1. The lowest BCUT2D eigenvalue weighted by Crippen LogP contribution is -2.29. The van der Waals surface area contributed by atoms with E-state index in [1.807, 2.05) is 13.8 Å². The van der Waals surface area contributed by atoms with Crippen molar-refractivity contribution >= 4 is 11.5 Å². The van der Waals surface area contributed by atoms with Gasteiger partial charge in [0.05, 0.1) is 27.8 Å². The van der Waals surface area contributed by atoms with Gasteiger partial charge in [0, 0.05) is 28.8 Å². The first-order chi connectivity index (χ1) is 18.8. The van der Waals surface area contributed by atoms with Crippen molar-refractivity contribution < 1.29 is 32.4 Å². The minimum atomic E-state index is -4.84. The Morgan fingerprint density at radius 1 is 1.10 bits per heavy atom. The van der Waals surface area contributed by atoms with Crippen molar-refractivity contribution in [3.05, 3.63) is 92.0 Å². The number of carbonyl (C=O) groups excluding carboxylic acids is 1. The number of hydrogen-bond acceptors (Lipinski definition) is 5. The Hall–Kier alpha value is -3.66. The lowest BCUT2D eigenvalue weighted by Gasteiger charge is -2.37. The molecular weight excluding hydrogens is 528 g/mol. The fourth-order valence-corrected chi connectivity index (χ4v) is 6.14. The van der Waals surface area contributed by atoms with Crippen LogP contribution in [0.1, 0.15) is 96.4 Å². The van der Waals surface area contributed by atoms with Crippen LogP contribution in [0.5, 0.6) is 0 Å². The molecule has 5 rings (SSSR count). The highest BCUT2D eigenvalue weighted by Gasteiger charge is 2.40. The zero-order chi connectivity index (χ0) is 29.0. The molecule has 10 heteroatoms. The largest absolute Gasteiger partial charge is 0.416 e. The molecule has 2 aliphatic carbocycles. The molecule has 0 radical (unpaired) electrons. The smallest absolute Gasteiger partial charge is 0.388 e. The summed E-state index contributed by atoms with van der Waals surface area (Å²) in [7, 11) is 0. The SMILES string of the molecule is CC1(C)Cc2nc(C3CCCC3)c(C(=O)c3ccc(C(F)(F)F)cc3[N+](=O)[O-])c(-c3ccc(F)cc3)c2C(O)C1. The first-order valence-electron chi connectivity index (χ1n) is 13.2. The molecule has 1 atom stereocenters. The number of benzene rings is 2. The molecule has 0 amide bonds. The van der Waals surface area contributed by atoms with E-state index >= 15 is 0 Å². The standard InChI is InChI=1S/C30H28F4N2O4/c1-29(2)14-21-25(23(37)15-29)24(16-7-10-19(31)11-8-16)26(27(35-21)17-5-3-4-6-17)28(38)20-12-9-18(30(32,33)34)13-22(20)36(39)40/h7-13,17,23,37H,3-6,14-15H2,1-2H3. The van der Waals surface area contributed by atoms with Crippen LogP contribution in [-0.4, -0.2) is 20.8 Å². The maximum Gasteiger partial charge on any atom is 0.416 e. The molecule has 40 heavy (non-hydrogen) atoms. The summed E-state index contributed by atoms with van der Waals surface area (Å²) in [6.07, 6.45) is -1.81. The minimum absolute atomic E-state index is 0.0128. The Morgan fingerprint density at radius 2 is 1.75 bits per heavy atom. The van der Waals surface area contributed by atoms with Gasteiger partial charge in [-0.25, -0.2) is 4.39 Å². The molecule has 0 saturated heterocycles. The fourth-order valence-electron chi connectivity index (χ4n) is 6.14. The zero-order valence-corrected chi connectivity index (χ0v) is 22.0. The summed E-state index contributed by atoms with van der Waals surface area (Å²) in [5, 5.41) is 23.3. The summed E-state index contributed by atoms with van der Waals surface area (Å²) in [5.74, 6) is -1.52. The van der Waals surface area contributed by atoms with E-state index in [0.717, 1.165) is 31.7 Å². The van der Waals surface area contributed by atoms with E-state index in [2.05, 4.69) is 0 Å².